The molecule has 184 valence electrons. The number of rotatable bonds is 6. The molecule has 1 aromatic carbocycles. The van der Waals surface area contributed by atoms with Crippen LogP contribution in [0.15, 0.2) is 30.5 Å². The van der Waals surface area contributed by atoms with Crippen LogP contribution in [0.25, 0.3) is 16.5 Å². The highest BCUT2D eigenvalue weighted by atomic mass is 16.4. The number of nitrogens with zero attached hydrogens (tertiary/aromatic N) is 1. The van der Waals surface area contributed by atoms with E-state index in [1.165, 1.54) is 22.1 Å². The Labute approximate surface area is 195 Å². The lowest BCUT2D eigenvalue weighted by molar-refractivity contribution is -0.165. The van der Waals surface area contributed by atoms with E-state index in [2.05, 4.69) is 52.7 Å². The van der Waals surface area contributed by atoms with Gasteiger partial charge in [-0.1, -0.05) is 18.2 Å². The summed E-state index contributed by atoms with van der Waals surface area (Å²) in [6, 6.07) is 6.42. The molecule has 1 aromatic heterocycles. The van der Waals surface area contributed by atoms with Crippen molar-refractivity contribution >= 4 is 34.3 Å². The lowest BCUT2D eigenvalue weighted by Gasteiger charge is -2.39. The summed E-state index contributed by atoms with van der Waals surface area (Å²) in [7, 11) is 2.09. The quantitative estimate of drug-likeness (QED) is 0.287. The Morgan fingerprint density at radius 2 is 1.82 bits per heavy atom. The molecular weight excluding hydrogens is 446 g/mol. The van der Waals surface area contributed by atoms with Crippen LogP contribution < -0.4 is 5.32 Å². The SMILES string of the molecule is CC(CO)NC(=O)C1C=C2c3cccc4[nH]cc(c34)CC2N(C)C1.O=C(O)[C@@H](O)[C@@H](O)C(=O)O. The Morgan fingerprint density at radius 3 is 2.41 bits per heavy atom. The molecule has 1 aliphatic heterocycles. The van der Waals surface area contributed by atoms with E-state index in [0.717, 1.165) is 11.9 Å². The molecule has 1 amide bonds. The van der Waals surface area contributed by atoms with Crippen molar-refractivity contribution in [1.29, 1.82) is 0 Å². The molecule has 0 fully saturated rings. The number of carboxylic acids is 2. The van der Waals surface area contributed by atoms with Crippen LogP contribution in [0, 0.1) is 5.92 Å². The van der Waals surface area contributed by atoms with Crippen molar-refractivity contribution in [2.24, 2.45) is 5.92 Å². The van der Waals surface area contributed by atoms with E-state index in [-0.39, 0.29) is 24.5 Å². The predicted molar refractivity (Wildman–Crippen MR) is 122 cm³/mol. The van der Waals surface area contributed by atoms with Crippen LogP contribution in [0.2, 0.25) is 0 Å². The fourth-order valence-corrected chi connectivity index (χ4v) is 4.28. The Kier molecular flexibility index (Phi) is 7.72. The molecule has 2 aliphatic rings. The summed E-state index contributed by atoms with van der Waals surface area (Å²) in [6.45, 7) is 2.47. The second-order valence-corrected chi connectivity index (χ2v) is 8.59. The second kappa shape index (κ2) is 10.3. The van der Waals surface area contributed by atoms with Crippen LogP contribution in [0.5, 0.6) is 0 Å². The van der Waals surface area contributed by atoms with Crippen LogP contribution in [0.1, 0.15) is 18.1 Å². The van der Waals surface area contributed by atoms with Crippen LogP contribution in [-0.4, -0.2) is 97.8 Å². The van der Waals surface area contributed by atoms with Gasteiger partial charge in [-0.3, -0.25) is 9.69 Å². The maximum atomic E-state index is 12.5. The van der Waals surface area contributed by atoms with E-state index in [9.17, 15) is 14.4 Å². The lowest BCUT2D eigenvalue weighted by atomic mass is 9.80. The number of fused-ring (bicyclic) bond motifs is 2. The minimum atomic E-state index is -2.27. The third kappa shape index (κ3) is 5.12. The van der Waals surface area contributed by atoms with E-state index in [0.29, 0.717) is 12.6 Å². The number of hydrogen-bond acceptors (Lipinski definition) is 7. The van der Waals surface area contributed by atoms with Gasteiger partial charge in [0.05, 0.1) is 12.5 Å². The summed E-state index contributed by atoms with van der Waals surface area (Å²) in [5.74, 6) is -3.74. The zero-order valence-corrected chi connectivity index (χ0v) is 18.8. The van der Waals surface area contributed by atoms with Crippen LogP contribution in [0.3, 0.4) is 0 Å². The first-order chi connectivity index (χ1) is 16.0. The Hall–Kier alpha value is -3.25. The summed E-state index contributed by atoms with van der Waals surface area (Å²) in [5.41, 5.74) is 4.99. The van der Waals surface area contributed by atoms with Gasteiger partial charge in [-0.05, 0) is 43.2 Å². The molecule has 0 spiro atoms. The molecule has 2 aromatic rings. The molecule has 1 aliphatic carbocycles. The third-order valence-electron chi connectivity index (χ3n) is 6.07. The molecule has 3 unspecified atom stereocenters. The number of aliphatic carboxylic acids is 2. The largest absolute Gasteiger partial charge is 0.479 e. The summed E-state index contributed by atoms with van der Waals surface area (Å²) in [6.07, 6.45) is 0.686. The number of nitrogens with one attached hydrogen (secondary N) is 2. The summed E-state index contributed by atoms with van der Waals surface area (Å²) < 4.78 is 0. The van der Waals surface area contributed by atoms with Gasteiger partial charge in [-0.2, -0.15) is 0 Å². The Bertz CT molecular complexity index is 1090. The molecule has 7 N–H and O–H groups in total. The van der Waals surface area contributed by atoms with Crippen molar-refractivity contribution in [2.75, 3.05) is 20.2 Å². The first-order valence-corrected chi connectivity index (χ1v) is 10.8. The fraction of sp³-hybridized carbons (Fsp3) is 0.435. The Balaban J connectivity index is 0.000000277. The zero-order valence-electron chi connectivity index (χ0n) is 18.8. The number of H-pyrrole nitrogens is 1. The van der Waals surface area contributed by atoms with Crippen molar-refractivity contribution in [3.05, 3.63) is 41.6 Å². The van der Waals surface area contributed by atoms with Crippen molar-refractivity contribution < 1.29 is 39.9 Å². The predicted octanol–water partition coefficient (Wildman–Crippen LogP) is -0.588. The number of aliphatic hydroxyl groups excluding tert-OH is 3. The number of likely N-dealkylation sites (N-methyl/N-ethyl adjacent to an activating group) is 1. The normalized spacial score (nSPS) is 21.9. The molecule has 5 atom stereocenters. The van der Waals surface area contributed by atoms with Crippen molar-refractivity contribution in [2.45, 2.75) is 37.6 Å². The molecule has 2 heterocycles. The second-order valence-electron chi connectivity index (χ2n) is 8.59. The number of carbonyl (C=O) groups excluding carboxylic acids is 1. The van der Waals surface area contributed by atoms with Gasteiger partial charge in [0.2, 0.25) is 5.91 Å². The minimum absolute atomic E-state index is 0.0126. The van der Waals surface area contributed by atoms with E-state index < -0.39 is 24.1 Å². The van der Waals surface area contributed by atoms with Crippen LogP contribution in [-0.2, 0) is 20.8 Å². The summed E-state index contributed by atoms with van der Waals surface area (Å²) in [5, 5.41) is 45.9. The highest BCUT2D eigenvalue weighted by Gasteiger charge is 2.35. The van der Waals surface area contributed by atoms with Gasteiger partial charge in [-0.25, -0.2) is 9.59 Å². The maximum absolute atomic E-state index is 12.5. The van der Waals surface area contributed by atoms with Crippen molar-refractivity contribution in [1.82, 2.24) is 15.2 Å². The molecule has 0 bridgehead atoms. The standard InChI is InChI=1S/C19H23N3O2.C4H6O6/c1-11(10-23)21-19(24)13-6-15-14-4-3-5-16-18(14)12(8-20-16)7-17(15)22(2)9-13;5-1(3(7)8)2(6)4(9)10/h3-6,8,11,13,17,20,23H,7,9-10H2,1-2H3,(H,21,24);1-2,5-6H,(H,7,8)(H,9,10)/t;1-,2+. The van der Waals surface area contributed by atoms with Crippen LogP contribution in [0.4, 0.5) is 0 Å². The molecule has 0 radical (unpaired) electrons. The molecule has 4 rings (SSSR count). The van der Waals surface area contributed by atoms with Gasteiger partial charge in [0.1, 0.15) is 0 Å². The summed E-state index contributed by atoms with van der Waals surface area (Å²) in [4.78, 5) is 37.7. The smallest absolute Gasteiger partial charge is 0.335 e. The van der Waals surface area contributed by atoms with Gasteiger partial charge in [0.25, 0.3) is 0 Å². The number of carboxylic acid groups (broad SMARTS) is 2. The van der Waals surface area contributed by atoms with Crippen molar-refractivity contribution in [3.8, 4) is 0 Å². The Morgan fingerprint density at radius 1 is 1.18 bits per heavy atom. The number of aromatic nitrogens is 1. The van der Waals surface area contributed by atoms with Gasteiger partial charge >= 0.3 is 11.9 Å². The van der Waals surface area contributed by atoms with Crippen LogP contribution >= 0.6 is 0 Å². The maximum Gasteiger partial charge on any atom is 0.335 e. The molecule has 11 nitrogen and oxygen atoms in total. The van der Waals surface area contributed by atoms with Gasteiger partial charge in [0, 0.05) is 35.7 Å². The van der Waals surface area contributed by atoms with Gasteiger partial charge < -0.3 is 35.8 Å². The highest BCUT2D eigenvalue weighted by molar-refractivity contribution is 5.99. The number of aromatic amines is 1. The monoisotopic (exact) mass is 475 g/mol. The number of amides is 1. The summed E-state index contributed by atoms with van der Waals surface area (Å²) >= 11 is 0. The average Bonchev–Trinajstić information content (AvgIpc) is 3.23. The minimum Gasteiger partial charge on any atom is -0.479 e. The molecule has 0 saturated carbocycles. The van der Waals surface area contributed by atoms with E-state index in [1.807, 2.05) is 6.92 Å². The number of carbonyl (C=O) groups is 3. The third-order valence-corrected chi connectivity index (χ3v) is 6.07. The van der Waals surface area contributed by atoms with E-state index in [1.54, 1.807) is 0 Å². The first-order valence-electron chi connectivity index (χ1n) is 10.8. The van der Waals surface area contributed by atoms with Crippen molar-refractivity contribution in [3.63, 3.8) is 0 Å². The highest BCUT2D eigenvalue weighted by Crippen LogP contribution is 2.40. The number of benzene rings is 1. The molecule has 34 heavy (non-hydrogen) atoms. The average molecular weight is 475 g/mol. The van der Waals surface area contributed by atoms with Gasteiger partial charge in [-0.15, -0.1) is 0 Å². The number of aliphatic hydroxyl groups is 3. The molecular formula is C23H29N3O8. The van der Waals surface area contributed by atoms with E-state index >= 15 is 0 Å². The topological polar surface area (TPSA) is 183 Å². The zero-order chi connectivity index (χ0) is 25.2. The molecule has 11 heteroatoms. The molecule has 0 saturated heterocycles. The lowest BCUT2D eigenvalue weighted by Crippen LogP contribution is -2.48. The van der Waals surface area contributed by atoms with Gasteiger partial charge in [0.15, 0.2) is 12.2 Å². The number of hydrogen-bond donors (Lipinski definition) is 7. The first kappa shape index (κ1) is 25.4. The van der Waals surface area contributed by atoms with E-state index in [4.69, 9.17) is 25.5 Å². The fourth-order valence-electron chi connectivity index (χ4n) is 4.28.